The Kier molecular flexibility index (Phi) is 14.4. The van der Waals surface area contributed by atoms with Gasteiger partial charge in [-0.1, -0.05) is 19.5 Å². The Labute approximate surface area is 271 Å². The largest absolute Gasteiger partial charge is 0.493 e. The maximum Gasteiger partial charge on any atom is 0.416 e. The topological polar surface area (TPSA) is 40.2 Å². The van der Waals surface area contributed by atoms with E-state index in [-0.39, 0.29) is 46.3 Å². The maximum atomic E-state index is 13.0. The van der Waals surface area contributed by atoms with Crippen molar-refractivity contribution in [1.82, 2.24) is 4.90 Å². The molecule has 5 atom stereocenters. The molecule has 1 aromatic rings. The predicted octanol–water partition coefficient (Wildman–Crippen LogP) is 6.30. The van der Waals surface area contributed by atoms with Gasteiger partial charge in [-0.3, -0.25) is 0 Å². The number of benzene rings is 1. The Morgan fingerprint density at radius 3 is 2.50 bits per heavy atom. The number of ether oxygens (including phenoxy) is 4. The van der Waals surface area contributed by atoms with E-state index in [1.807, 2.05) is 28.7 Å². The molecule has 0 heterocycles. The molecule has 2 saturated carbocycles. The van der Waals surface area contributed by atoms with E-state index in [0.717, 1.165) is 45.3 Å². The van der Waals surface area contributed by atoms with E-state index < -0.39 is 11.8 Å². The third-order valence-corrected chi connectivity index (χ3v) is 9.72. The van der Waals surface area contributed by atoms with Crippen LogP contribution < -0.4 is 4.74 Å². The normalized spacial score (nSPS) is 27.1. The minimum Gasteiger partial charge on any atom is -0.493 e. The molecule has 3 aliphatic rings. The van der Waals surface area contributed by atoms with Crippen molar-refractivity contribution in [3.05, 3.63) is 29.3 Å². The first-order valence-electron chi connectivity index (χ1n) is 16.0. The van der Waals surface area contributed by atoms with Crippen LogP contribution in [0.3, 0.4) is 0 Å². The summed E-state index contributed by atoms with van der Waals surface area (Å²) in [5.41, 5.74) is 0.984. The second-order valence-electron chi connectivity index (χ2n) is 12.5. The summed E-state index contributed by atoms with van der Waals surface area (Å²) >= 11 is 0. The Bertz CT molecular complexity index is 975. The summed E-state index contributed by atoms with van der Waals surface area (Å²) in [4.78, 5) is 1.99. The van der Waals surface area contributed by atoms with Crippen molar-refractivity contribution in [2.24, 2.45) is 17.3 Å². The molecule has 3 unspecified atom stereocenters. The Morgan fingerprint density at radius 2 is 1.79 bits per heavy atom. The first kappa shape index (κ1) is 36.0. The van der Waals surface area contributed by atoms with E-state index >= 15 is 0 Å². The molecule has 0 aromatic heterocycles. The van der Waals surface area contributed by atoms with Gasteiger partial charge >= 0.3 is 6.18 Å². The zero-order chi connectivity index (χ0) is 31.0. The Morgan fingerprint density at radius 1 is 1.05 bits per heavy atom. The summed E-state index contributed by atoms with van der Waals surface area (Å²) < 4.78 is 68.7. The Balaban J connectivity index is 0.00000211. The van der Waals surface area contributed by atoms with E-state index in [1.165, 1.54) is 30.4 Å². The van der Waals surface area contributed by atoms with E-state index in [9.17, 15) is 13.2 Å². The van der Waals surface area contributed by atoms with Crippen LogP contribution in [0.2, 0.25) is 6.55 Å². The molecule has 5 nitrogen and oxygen atoms in total. The average molecular weight is 786 g/mol. The zero-order valence-electron chi connectivity index (χ0n) is 27.3. The van der Waals surface area contributed by atoms with Crippen molar-refractivity contribution in [3.8, 4) is 5.75 Å². The molecule has 0 N–H and O–H groups in total. The molecule has 0 saturated heterocycles. The van der Waals surface area contributed by atoms with Crippen LogP contribution in [0.4, 0.5) is 13.2 Å². The van der Waals surface area contributed by atoms with E-state index in [2.05, 4.69) is 25.1 Å². The van der Waals surface area contributed by atoms with Crippen molar-refractivity contribution in [2.45, 2.75) is 96.1 Å². The van der Waals surface area contributed by atoms with Crippen LogP contribution in [0.5, 0.6) is 5.75 Å². The number of likely N-dealkylation sites (N-methyl/N-ethyl adjacent to an activating group) is 1. The number of nitrogens with zero attached hydrogens (tertiary/aromatic N) is 1. The molecule has 3 aliphatic carbocycles. The summed E-state index contributed by atoms with van der Waals surface area (Å²) in [6, 6.07) is 6.65. The van der Waals surface area contributed by atoms with Gasteiger partial charge < -0.3 is 23.8 Å². The molecule has 42 heavy (non-hydrogen) atoms. The van der Waals surface area contributed by atoms with Gasteiger partial charge in [-0.15, -0.1) is 0 Å². The van der Waals surface area contributed by atoms with Gasteiger partial charge in [-0.25, -0.2) is 0 Å². The second kappa shape index (κ2) is 16.7. The van der Waals surface area contributed by atoms with Crippen molar-refractivity contribution < 1.29 is 54.6 Å². The minimum atomic E-state index is -4.38. The van der Waals surface area contributed by atoms with Crippen molar-refractivity contribution in [3.63, 3.8) is 0 Å². The number of alkyl halides is 3. The third kappa shape index (κ3) is 9.06. The number of hydrogen-bond acceptors (Lipinski definition) is 5. The fourth-order valence-corrected chi connectivity index (χ4v) is 7.23. The molecule has 0 aliphatic heterocycles. The molecule has 0 amide bonds. The van der Waals surface area contributed by atoms with Crippen LogP contribution in [-0.2, 0) is 41.7 Å². The molecule has 4 rings (SSSR count). The number of rotatable bonds is 13. The van der Waals surface area contributed by atoms with Crippen LogP contribution in [-0.4, -0.2) is 86.7 Å². The SMILES string of the molecule is C[SiH2].[2H]COCCCOc1ccc2c(c1)CCC1C2CC[C@@]2(C)C1CC[C@@H]2OCCN(C)CCOC(C)(C)C(F)(F)F.[W]. The molecule has 241 valence electrons. The molecular formula is C32H53F3NO4SiW. The fraction of sp³-hybridized carbons (Fsp3) is 0.812. The summed E-state index contributed by atoms with van der Waals surface area (Å²) in [7, 11) is 3.76. The van der Waals surface area contributed by atoms with Gasteiger partial charge in [0.15, 0.2) is 5.60 Å². The summed E-state index contributed by atoms with van der Waals surface area (Å²) in [5, 5.41) is 0. The van der Waals surface area contributed by atoms with Crippen LogP contribution in [0.1, 0.15) is 77.7 Å². The molecule has 0 bridgehead atoms. The van der Waals surface area contributed by atoms with E-state index in [4.69, 9.17) is 20.3 Å². The van der Waals surface area contributed by atoms with Gasteiger partial charge in [0.1, 0.15) is 5.75 Å². The quantitative estimate of drug-likeness (QED) is 0.174. The first-order chi connectivity index (χ1) is 20.0. The maximum absolute atomic E-state index is 13.0. The van der Waals surface area contributed by atoms with Crippen molar-refractivity contribution >= 4 is 10.2 Å². The summed E-state index contributed by atoms with van der Waals surface area (Å²) in [6.45, 7) is 9.48. The standard InChI is InChI=1S/C31H48F3NO4.CH5Si.W/c1-29(2,31(32,33)34)39-20-16-35(4)15-19-38-28-12-11-27-26-9-7-22-21-23(37-18-6-17-36-5)8-10-24(22)25(26)13-14-30(27,28)3;1-2;/h8,10,21,25-28H,6-7,9,11-20H2,1-5H3;2H2,1H3;/t25?,26?,27?,28-,30-;;/m0../s1/i5D;;. The van der Waals surface area contributed by atoms with Gasteiger partial charge in [0.25, 0.3) is 0 Å². The molecular weight excluding hydrogens is 731 g/mol. The van der Waals surface area contributed by atoms with E-state index in [1.54, 1.807) is 0 Å². The number of halogens is 3. The summed E-state index contributed by atoms with van der Waals surface area (Å²) in [6.07, 6.45) is 3.58. The fourth-order valence-electron chi connectivity index (χ4n) is 7.23. The smallest absolute Gasteiger partial charge is 0.416 e. The molecule has 2 fully saturated rings. The monoisotopic (exact) mass is 785 g/mol. The first-order valence-corrected chi connectivity index (χ1v) is 16.7. The molecule has 10 heteroatoms. The predicted molar refractivity (Wildman–Crippen MR) is 161 cm³/mol. The number of aryl methyl sites for hydroxylation is 1. The van der Waals surface area contributed by atoms with Crippen LogP contribution in [0, 0.1) is 17.3 Å². The number of methoxy groups -OCH3 is 1. The van der Waals surface area contributed by atoms with Gasteiger partial charge in [-0.05, 0) is 106 Å². The van der Waals surface area contributed by atoms with Crippen LogP contribution in [0.15, 0.2) is 18.2 Å². The molecule has 0 spiro atoms. The van der Waals surface area contributed by atoms with Crippen LogP contribution in [0.25, 0.3) is 0 Å². The van der Waals surface area contributed by atoms with Crippen LogP contribution >= 0.6 is 0 Å². The number of fused-ring (bicyclic) bond motifs is 5. The number of hydrogen-bond donors (Lipinski definition) is 0. The summed E-state index contributed by atoms with van der Waals surface area (Å²) in [5.74, 6) is 2.88. The minimum absolute atomic E-state index is 0. The van der Waals surface area contributed by atoms with Crippen molar-refractivity contribution in [1.29, 1.82) is 0 Å². The Hall–Kier alpha value is -0.445. The third-order valence-electron chi connectivity index (χ3n) is 9.72. The van der Waals surface area contributed by atoms with Gasteiger partial charge in [0.2, 0.25) is 0 Å². The zero-order valence-corrected chi connectivity index (χ0v) is 30.6. The van der Waals surface area contributed by atoms with Gasteiger partial charge in [-0.2, -0.15) is 13.2 Å². The van der Waals surface area contributed by atoms with Gasteiger partial charge in [0.05, 0.1) is 27.3 Å². The van der Waals surface area contributed by atoms with Gasteiger partial charge in [0, 0.05) is 64.5 Å². The van der Waals surface area contributed by atoms with E-state index in [0.29, 0.717) is 50.7 Å². The average Bonchev–Trinajstić information content (AvgIpc) is 3.29. The molecule has 1 radical (unpaired) electrons. The van der Waals surface area contributed by atoms with Crippen molar-refractivity contribution in [2.75, 3.05) is 53.7 Å². The second-order valence-corrected chi connectivity index (χ2v) is 12.5. The molecule has 1 aromatic carbocycles.